The Balaban J connectivity index is 1.30. The Morgan fingerprint density at radius 3 is 2.74 bits per heavy atom. The monoisotopic (exact) mass is 488 g/mol. The standard InChI is InChI=1S/C29H32N2O3S/c1-34-24-8-9-28-26(18-24)27(20-31(28)15-12-25-7-2-3-16-35-25)22-10-13-30(14-11-22)19-21-5-4-6-23(17-21)29(32)33/h2-9,16-18,20,22,25H,10-15,19H2,1H3,(H,32,33). The average Bonchev–Trinajstić information content (AvgIpc) is 3.26. The highest BCUT2D eigenvalue weighted by molar-refractivity contribution is 8.02. The summed E-state index contributed by atoms with van der Waals surface area (Å²) in [4.78, 5) is 13.7. The van der Waals surface area contributed by atoms with E-state index >= 15 is 0 Å². The second kappa shape index (κ2) is 10.8. The van der Waals surface area contributed by atoms with Crippen LogP contribution in [0, 0.1) is 0 Å². The van der Waals surface area contributed by atoms with E-state index in [1.54, 1.807) is 19.2 Å². The summed E-state index contributed by atoms with van der Waals surface area (Å²) < 4.78 is 7.99. The zero-order valence-electron chi connectivity index (χ0n) is 20.1. The zero-order chi connectivity index (χ0) is 24.2. The number of aromatic nitrogens is 1. The third kappa shape index (κ3) is 5.49. The van der Waals surface area contributed by atoms with Crippen molar-refractivity contribution < 1.29 is 14.6 Å². The maximum Gasteiger partial charge on any atom is 0.335 e. The predicted octanol–water partition coefficient (Wildman–Crippen LogP) is 6.30. The number of carboxylic acids is 1. The van der Waals surface area contributed by atoms with Crippen LogP contribution in [0.3, 0.4) is 0 Å². The molecule has 0 amide bonds. The van der Waals surface area contributed by atoms with E-state index in [0.717, 1.165) is 56.8 Å². The number of nitrogens with zero attached hydrogens (tertiary/aromatic N) is 2. The van der Waals surface area contributed by atoms with Gasteiger partial charge in [0.05, 0.1) is 12.7 Å². The molecule has 5 rings (SSSR count). The summed E-state index contributed by atoms with van der Waals surface area (Å²) in [5, 5.41) is 13.3. The molecule has 3 aromatic rings. The van der Waals surface area contributed by atoms with Crippen molar-refractivity contribution in [2.75, 3.05) is 20.2 Å². The highest BCUT2D eigenvalue weighted by atomic mass is 32.2. The molecular weight excluding hydrogens is 456 g/mol. The average molecular weight is 489 g/mol. The van der Waals surface area contributed by atoms with Gasteiger partial charge in [0, 0.05) is 35.4 Å². The molecule has 6 heteroatoms. The summed E-state index contributed by atoms with van der Waals surface area (Å²) in [5.41, 5.74) is 4.14. The number of carboxylic acid groups (broad SMARTS) is 1. The number of hydrogen-bond acceptors (Lipinski definition) is 4. The summed E-state index contributed by atoms with van der Waals surface area (Å²) in [6, 6.07) is 13.8. The Labute approximate surface area is 211 Å². The van der Waals surface area contributed by atoms with Gasteiger partial charge >= 0.3 is 5.97 Å². The Morgan fingerprint density at radius 2 is 2.00 bits per heavy atom. The van der Waals surface area contributed by atoms with Crippen molar-refractivity contribution in [3.05, 3.63) is 89.0 Å². The number of aryl methyl sites for hydroxylation is 1. The van der Waals surface area contributed by atoms with Crippen LogP contribution < -0.4 is 4.74 Å². The fraction of sp³-hybridized carbons (Fsp3) is 0.345. The Bertz CT molecular complexity index is 1250. The lowest BCUT2D eigenvalue weighted by Gasteiger charge is -2.32. The molecule has 0 aliphatic carbocycles. The first kappa shape index (κ1) is 23.8. The van der Waals surface area contributed by atoms with Crippen molar-refractivity contribution in [1.29, 1.82) is 0 Å². The van der Waals surface area contributed by atoms with Crippen LogP contribution in [0.1, 0.15) is 46.7 Å². The molecule has 2 aliphatic heterocycles. The summed E-state index contributed by atoms with van der Waals surface area (Å²) in [6.07, 6.45) is 12.2. The molecule has 1 N–H and O–H groups in total. The second-order valence-corrected chi connectivity index (χ2v) is 10.5. The van der Waals surface area contributed by atoms with E-state index < -0.39 is 5.97 Å². The van der Waals surface area contributed by atoms with Crippen molar-refractivity contribution in [3.8, 4) is 5.75 Å². The molecule has 182 valence electrons. The minimum atomic E-state index is -0.869. The zero-order valence-corrected chi connectivity index (χ0v) is 20.9. The van der Waals surface area contributed by atoms with E-state index in [2.05, 4.69) is 57.5 Å². The lowest BCUT2D eigenvalue weighted by atomic mass is 9.89. The number of aromatic carboxylic acids is 1. The van der Waals surface area contributed by atoms with Gasteiger partial charge in [0.15, 0.2) is 0 Å². The Hall–Kier alpha value is -2.96. The largest absolute Gasteiger partial charge is 0.497 e. The topological polar surface area (TPSA) is 54.7 Å². The van der Waals surface area contributed by atoms with E-state index in [1.807, 2.05) is 23.9 Å². The van der Waals surface area contributed by atoms with Crippen LogP contribution in [-0.2, 0) is 13.1 Å². The number of methoxy groups -OCH3 is 1. The van der Waals surface area contributed by atoms with Crippen molar-refractivity contribution in [1.82, 2.24) is 9.47 Å². The van der Waals surface area contributed by atoms with Crippen LogP contribution in [0.4, 0.5) is 0 Å². The molecule has 5 nitrogen and oxygen atoms in total. The van der Waals surface area contributed by atoms with Crippen LogP contribution in [-0.4, -0.2) is 46.0 Å². The predicted molar refractivity (Wildman–Crippen MR) is 143 cm³/mol. The smallest absolute Gasteiger partial charge is 0.335 e. The van der Waals surface area contributed by atoms with Gasteiger partial charge < -0.3 is 14.4 Å². The van der Waals surface area contributed by atoms with Crippen molar-refractivity contribution in [3.63, 3.8) is 0 Å². The van der Waals surface area contributed by atoms with Crippen LogP contribution in [0.15, 0.2) is 72.3 Å². The SMILES string of the molecule is COc1ccc2c(c1)c(C1CCN(Cc3cccc(C(=O)O)c3)CC1)cn2CCC1C=CC=CS1. The molecule has 0 bridgehead atoms. The van der Waals surface area contributed by atoms with Gasteiger partial charge in [-0.3, -0.25) is 4.90 Å². The third-order valence-corrected chi connectivity index (χ3v) is 8.21. The van der Waals surface area contributed by atoms with E-state index in [4.69, 9.17) is 4.74 Å². The summed E-state index contributed by atoms with van der Waals surface area (Å²) in [5.74, 6) is 0.550. The maximum atomic E-state index is 11.3. The maximum absolute atomic E-state index is 11.3. The van der Waals surface area contributed by atoms with Crippen LogP contribution >= 0.6 is 11.8 Å². The summed E-state index contributed by atoms with van der Waals surface area (Å²) >= 11 is 1.89. The lowest BCUT2D eigenvalue weighted by molar-refractivity contribution is 0.0696. The Morgan fingerprint density at radius 1 is 1.14 bits per heavy atom. The normalized spacial score (nSPS) is 18.8. The molecule has 1 fully saturated rings. The number of hydrogen-bond donors (Lipinski definition) is 1. The molecule has 2 aliphatic rings. The van der Waals surface area contributed by atoms with E-state index in [0.29, 0.717) is 16.7 Å². The minimum Gasteiger partial charge on any atom is -0.497 e. The molecule has 1 aromatic heterocycles. The van der Waals surface area contributed by atoms with Gasteiger partial charge in [-0.25, -0.2) is 4.79 Å². The van der Waals surface area contributed by atoms with Gasteiger partial charge in [-0.15, -0.1) is 11.8 Å². The van der Waals surface area contributed by atoms with Crippen LogP contribution in [0.25, 0.3) is 10.9 Å². The van der Waals surface area contributed by atoms with Gasteiger partial charge in [-0.2, -0.15) is 0 Å². The molecule has 0 saturated carbocycles. The van der Waals surface area contributed by atoms with Gasteiger partial charge in [-0.1, -0.05) is 30.4 Å². The number of allylic oxidation sites excluding steroid dienone is 2. The fourth-order valence-electron chi connectivity index (χ4n) is 5.26. The van der Waals surface area contributed by atoms with Crippen molar-refractivity contribution in [2.45, 2.75) is 43.5 Å². The number of ether oxygens (including phenoxy) is 1. The molecule has 1 unspecified atom stereocenters. The van der Waals surface area contributed by atoms with Gasteiger partial charge in [0.2, 0.25) is 0 Å². The first-order chi connectivity index (χ1) is 17.1. The second-order valence-electron chi connectivity index (χ2n) is 9.39. The number of thioether (sulfide) groups is 1. The number of fused-ring (bicyclic) bond motifs is 1. The van der Waals surface area contributed by atoms with Gasteiger partial charge in [0.25, 0.3) is 0 Å². The third-order valence-electron chi connectivity index (χ3n) is 7.15. The summed E-state index contributed by atoms with van der Waals surface area (Å²) in [6.45, 7) is 3.81. The highest BCUT2D eigenvalue weighted by Crippen LogP contribution is 2.37. The Kier molecular flexibility index (Phi) is 7.30. The molecule has 0 spiro atoms. The number of carbonyl (C=O) groups is 1. The van der Waals surface area contributed by atoms with E-state index in [-0.39, 0.29) is 0 Å². The fourth-order valence-corrected chi connectivity index (χ4v) is 6.07. The first-order valence-electron chi connectivity index (χ1n) is 12.3. The molecule has 3 heterocycles. The number of benzene rings is 2. The molecular formula is C29H32N2O3S. The van der Waals surface area contributed by atoms with Crippen molar-refractivity contribution >= 4 is 28.6 Å². The molecule has 0 radical (unpaired) electrons. The molecule has 35 heavy (non-hydrogen) atoms. The number of rotatable bonds is 8. The summed E-state index contributed by atoms with van der Waals surface area (Å²) in [7, 11) is 1.73. The van der Waals surface area contributed by atoms with Gasteiger partial charge in [-0.05, 0) is 85.1 Å². The molecule has 1 saturated heterocycles. The first-order valence-corrected chi connectivity index (χ1v) is 13.2. The van der Waals surface area contributed by atoms with E-state index in [9.17, 15) is 9.90 Å². The molecule has 1 atom stereocenters. The van der Waals surface area contributed by atoms with E-state index in [1.165, 1.54) is 16.5 Å². The van der Waals surface area contributed by atoms with Crippen LogP contribution in [0.2, 0.25) is 0 Å². The number of likely N-dealkylation sites (tertiary alicyclic amines) is 1. The van der Waals surface area contributed by atoms with Gasteiger partial charge in [0.1, 0.15) is 5.75 Å². The number of piperidine rings is 1. The van der Waals surface area contributed by atoms with Crippen molar-refractivity contribution in [2.24, 2.45) is 0 Å². The minimum absolute atomic E-state index is 0.359. The highest BCUT2D eigenvalue weighted by Gasteiger charge is 2.24. The quantitative estimate of drug-likeness (QED) is 0.403. The molecule has 2 aromatic carbocycles. The van der Waals surface area contributed by atoms with Crippen LogP contribution in [0.5, 0.6) is 5.75 Å². The lowest BCUT2D eigenvalue weighted by Crippen LogP contribution is -2.32.